The molecule has 1 unspecified atom stereocenters. The molecule has 0 fully saturated rings. The number of benzene rings is 2. The third-order valence-corrected chi connectivity index (χ3v) is 3.53. The Morgan fingerprint density at radius 1 is 1.14 bits per heavy atom. The van der Waals surface area contributed by atoms with E-state index >= 15 is 0 Å². The third kappa shape index (κ3) is 3.69. The van der Waals surface area contributed by atoms with E-state index in [9.17, 15) is 5.11 Å². The second kappa shape index (κ2) is 6.53. The number of nitrogens with one attached hydrogen (secondary N) is 1. The summed E-state index contributed by atoms with van der Waals surface area (Å²) in [5, 5.41) is 13.5. The van der Waals surface area contributed by atoms with Crippen molar-refractivity contribution < 1.29 is 9.84 Å². The van der Waals surface area contributed by atoms with E-state index in [1.807, 2.05) is 58.0 Å². The summed E-state index contributed by atoms with van der Waals surface area (Å²) in [7, 11) is 0. The number of phenolic OH excluding ortho intramolecular Hbond substituents is 1. The van der Waals surface area contributed by atoms with Crippen LogP contribution in [0.5, 0.6) is 11.5 Å². The van der Waals surface area contributed by atoms with E-state index in [1.54, 1.807) is 6.07 Å². The number of aryl methyl sites for hydroxylation is 2. The van der Waals surface area contributed by atoms with E-state index in [4.69, 9.17) is 4.74 Å². The van der Waals surface area contributed by atoms with E-state index in [1.165, 1.54) is 0 Å². The topological polar surface area (TPSA) is 41.5 Å². The van der Waals surface area contributed by atoms with E-state index < -0.39 is 0 Å². The molecule has 0 radical (unpaired) electrons. The standard InChI is InChI=1S/C18H23NO2/c1-5-21-15-7-9-17(13(3)11-15)19-14(4)16-8-6-12(2)10-18(16)20/h6-11,14,19-20H,5H2,1-4H3. The van der Waals surface area contributed by atoms with Gasteiger partial charge in [0.05, 0.1) is 12.6 Å². The molecule has 0 heterocycles. The Morgan fingerprint density at radius 3 is 2.52 bits per heavy atom. The summed E-state index contributed by atoms with van der Waals surface area (Å²) in [6.07, 6.45) is 0. The number of phenols is 1. The van der Waals surface area contributed by atoms with Gasteiger partial charge in [0.1, 0.15) is 11.5 Å². The lowest BCUT2D eigenvalue weighted by Crippen LogP contribution is -2.08. The molecule has 0 spiro atoms. The molecule has 0 aliphatic heterocycles. The van der Waals surface area contributed by atoms with Crippen molar-refractivity contribution in [3.8, 4) is 11.5 Å². The maximum absolute atomic E-state index is 10.1. The molecule has 0 saturated heterocycles. The number of aromatic hydroxyl groups is 1. The van der Waals surface area contributed by atoms with Crippen LogP contribution in [0.4, 0.5) is 5.69 Å². The van der Waals surface area contributed by atoms with Gasteiger partial charge in [-0.1, -0.05) is 12.1 Å². The van der Waals surface area contributed by atoms with Crippen LogP contribution in [0.15, 0.2) is 36.4 Å². The predicted octanol–water partition coefficient (Wildman–Crippen LogP) is 4.58. The molecule has 2 rings (SSSR count). The Labute approximate surface area is 126 Å². The number of hydrogen-bond acceptors (Lipinski definition) is 3. The molecule has 0 aromatic heterocycles. The Bertz CT molecular complexity index is 623. The van der Waals surface area contributed by atoms with Crippen molar-refractivity contribution in [2.75, 3.05) is 11.9 Å². The van der Waals surface area contributed by atoms with Gasteiger partial charge in [-0.2, -0.15) is 0 Å². The normalized spacial score (nSPS) is 12.0. The van der Waals surface area contributed by atoms with E-state index in [0.29, 0.717) is 12.4 Å². The van der Waals surface area contributed by atoms with Crippen LogP contribution >= 0.6 is 0 Å². The van der Waals surface area contributed by atoms with Crippen LogP contribution < -0.4 is 10.1 Å². The number of ether oxygens (including phenoxy) is 1. The van der Waals surface area contributed by atoms with Crippen molar-refractivity contribution in [3.63, 3.8) is 0 Å². The molecule has 3 heteroatoms. The molecular formula is C18H23NO2. The van der Waals surface area contributed by atoms with Crippen molar-refractivity contribution in [3.05, 3.63) is 53.1 Å². The molecule has 112 valence electrons. The van der Waals surface area contributed by atoms with Crippen LogP contribution in [-0.2, 0) is 0 Å². The fourth-order valence-electron chi connectivity index (χ4n) is 2.39. The average molecular weight is 285 g/mol. The van der Waals surface area contributed by atoms with Crippen LogP contribution in [0.3, 0.4) is 0 Å². The third-order valence-electron chi connectivity index (χ3n) is 3.53. The molecule has 0 bridgehead atoms. The van der Waals surface area contributed by atoms with Gasteiger partial charge in [-0.25, -0.2) is 0 Å². The summed E-state index contributed by atoms with van der Waals surface area (Å²) in [4.78, 5) is 0. The SMILES string of the molecule is CCOc1ccc(NC(C)c2ccc(C)cc2O)c(C)c1. The Balaban J connectivity index is 2.17. The van der Waals surface area contributed by atoms with Gasteiger partial charge in [0.25, 0.3) is 0 Å². The van der Waals surface area contributed by atoms with E-state index in [0.717, 1.165) is 28.1 Å². The molecule has 1 atom stereocenters. The summed E-state index contributed by atoms with van der Waals surface area (Å²) < 4.78 is 5.50. The second-order valence-corrected chi connectivity index (χ2v) is 5.34. The van der Waals surface area contributed by atoms with Crippen LogP contribution in [0.1, 0.15) is 36.6 Å². The minimum absolute atomic E-state index is 0.0299. The number of hydrogen-bond donors (Lipinski definition) is 2. The van der Waals surface area contributed by atoms with Crippen molar-refractivity contribution in [1.29, 1.82) is 0 Å². The van der Waals surface area contributed by atoms with Crippen LogP contribution in [0.2, 0.25) is 0 Å². The summed E-state index contributed by atoms with van der Waals surface area (Å²) in [6, 6.07) is 11.8. The van der Waals surface area contributed by atoms with Crippen molar-refractivity contribution in [1.82, 2.24) is 0 Å². The lowest BCUT2D eigenvalue weighted by Gasteiger charge is -2.19. The Hall–Kier alpha value is -2.16. The Kier molecular flexibility index (Phi) is 4.73. The lowest BCUT2D eigenvalue weighted by molar-refractivity contribution is 0.340. The van der Waals surface area contributed by atoms with Crippen LogP contribution in [0.25, 0.3) is 0 Å². The largest absolute Gasteiger partial charge is 0.508 e. The zero-order valence-electron chi connectivity index (χ0n) is 13.1. The highest BCUT2D eigenvalue weighted by atomic mass is 16.5. The quantitative estimate of drug-likeness (QED) is 0.844. The summed E-state index contributed by atoms with van der Waals surface area (Å²) >= 11 is 0. The minimum atomic E-state index is 0.0299. The van der Waals surface area contributed by atoms with Gasteiger partial charge in [-0.3, -0.25) is 0 Å². The van der Waals surface area contributed by atoms with Gasteiger partial charge in [0, 0.05) is 11.3 Å². The maximum Gasteiger partial charge on any atom is 0.121 e. The molecule has 2 N–H and O–H groups in total. The molecule has 0 saturated carbocycles. The fourth-order valence-corrected chi connectivity index (χ4v) is 2.39. The monoisotopic (exact) mass is 285 g/mol. The first kappa shape index (κ1) is 15.2. The molecular weight excluding hydrogens is 262 g/mol. The van der Waals surface area contributed by atoms with Gasteiger partial charge in [-0.05, 0) is 63.1 Å². The summed E-state index contributed by atoms with van der Waals surface area (Å²) in [6.45, 7) is 8.70. The van der Waals surface area contributed by atoms with Crippen molar-refractivity contribution in [2.24, 2.45) is 0 Å². The van der Waals surface area contributed by atoms with Gasteiger partial charge in [-0.15, -0.1) is 0 Å². The molecule has 3 nitrogen and oxygen atoms in total. The first-order valence-electron chi connectivity index (χ1n) is 7.30. The molecule has 0 aliphatic rings. The van der Waals surface area contributed by atoms with Gasteiger partial charge < -0.3 is 15.2 Å². The zero-order chi connectivity index (χ0) is 15.4. The highest BCUT2D eigenvalue weighted by molar-refractivity contribution is 5.55. The lowest BCUT2D eigenvalue weighted by atomic mass is 10.0. The minimum Gasteiger partial charge on any atom is -0.508 e. The first-order chi connectivity index (χ1) is 10.0. The average Bonchev–Trinajstić information content (AvgIpc) is 2.42. The van der Waals surface area contributed by atoms with Gasteiger partial charge >= 0.3 is 0 Å². The first-order valence-corrected chi connectivity index (χ1v) is 7.30. The highest BCUT2D eigenvalue weighted by Gasteiger charge is 2.11. The van der Waals surface area contributed by atoms with E-state index in [-0.39, 0.29) is 6.04 Å². The maximum atomic E-state index is 10.1. The summed E-state index contributed by atoms with van der Waals surface area (Å²) in [5.41, 5.74) is 4.12. The van der Waals surface area contributed by atoms with Crippen molar-refractivity contribution >= 4 is 5.69 Å². The number of rotatable bonds is 5. The predicted molar refractivity (Wildman–Crippen MR) is 87.2 cm³/mol. The molecule has 2 aromatic carbocycles. The van der Waals surface area contributed by atoms with E-state index in [2.05, 4.69) is 5.32 Å². The van der Waals surface area contributed by atoms with Crippen LogP contribution in [-0.4, -0.2) is 11.7 Å². The Morgan fingerprint density at radius 2 is 1.90 bits per heavy atom. The molecule has 21 heavy (non-hydrogen) atoms. The molecule has 2 aromatic rings. The summed E-state index contributed by atoms with van der Waals surface area (Å²) in [5.74, 6) is 1.21. The fraction of sp³-hybridized carbons (Fsp3) is 0.333. The molecule has 0 amide bonds. The molecule has 0 aliphatic carbocycles. The highest BCUT2D eigenvalue weighted by Crippen LogP contribution is 2.30. The second-order valence-electron chi connectivity index (χ2n) is 5.34. The van der Waals surface area contributed by atoms with Crippen LogP contribution in [0, 0.1) is 13.8 Å². The number of anilines is 1. The van der Waals surface area contributed by atoms with Gasteiger partial charge in [0.15, 0.2) is 0 Å². The van der Waals surface area contributed by atoms with Crippen molar-refractivity contribution in [2.45, 2.75) is 33.7 Å². The zero-order valence-corrected chi connectivity index (χ0v) is 13.1. The van der Waals surface area contributed by atoms with Gasteiger partial charge in [0.2, 0.25) is 0 Å². The smallest absolute Gasteiger partial charge is 0.121 e.